The van der Waals surface area contributed by atoms with Gasteiger partial charge in [-0.2, -0.15) is 0 Å². The number of carbonyl (C=O) groups excluding carboxylic acids is 1. The predicted molar refractivity (Wildman–Crippen MR) is 112 cm³/mol. The van der Waals surface area contributed by atoms with Crippen LogP contribution >= 0.6 is 0 Å². The van der Waals surface area contributed by atoms with Gasteiger partial charge in [-0.25, -0.2) is 0 Å². The molecule has 1 saturated carbocycles. The highest BCUT2D eigenvalue weighted by Crippen LogP contribution is 2.45. The molecule has 28 heavy (non-hydrogen) atoms. The summed E-state index contributed by atoms with van der Waals surface area (Å²) in [4.78, 5) is 12.4. The molecule has 146 valence electrons. The highest BCUT2D eigenvalue weighted by Gasteiger charge is 2.41. The highest BCUT2D eigenvalue weighted by atomic mass is 16.5. The monoisotopic (exact) mass is 375 g/mol. The zero-order valence-electron chi connectivity index (χ0n) is 16.4. The number of ether oxygens (including phenoxy) is 1. The van der Waals surface area contributed by atoms with Gasteiger partial charge < -0.3 is 10.1 Å². The number of nitrogens with one attached hydrogen (secondary N) is 1. The van der Waals surface area contributed by atoms with Crippen molar-refractivity contribution in [3.05, 3.63) is 83.9 Å². The van der Waals surface area contributed by atoms with Crippen molar-refractivity contribution >= 4 is 5.91 Å². The minimum Gasteiger partial charge on any atom is -0.369 e. The molecule has 0 bridgehead atoms. The van der Waals surface area contributed by atoms with Gasteiger partial charge in [0.2, 0.25) is 5.91 Å². The zero-order chi connectivity index (χ0) is 19.4. The molecular weight excluding hydrogens is 346 g/mol. The summed E-state index contributed by atoms with van der Waals surface area (Å²) < 4.78 is 6.07. The summed E-state index contributed by atoms with van der Waals surface area (Å²) in [6, 6.07) is 19.2. The molecule has 0 radical (unpaired) electrons. The molecule has 3 nitrogen and oxygen atoms in total. The van der Waals surface area contributed by atoms with Crippen molar-refractivity contribution in [2.75, 3.05) is 13.2 Å². The van der Waals surface area contributed by atoms with Crippen molar-refractivity contribution in [3.63, 3.8) is 0 Å². The first kappa shape index (κ1) is 18.9. The first-order valence-electron chi connectivity index (χ1n) is 10.4. The fourth-order valence-corrected chi connectivity index (χ4v) is 4.48. The molecular formula is C25H29NO2. The fourth-order valence-electron chi connectivity index (χ4n) is 4.48. The molecule has 2 unspecified atom stereocenters. The third-order valence-corrected chi connectivity index (χ3v) is 6.11. The summed E-state index contributed by atoms with van der Waals surface area (Å²) in [5.74, 6) is 0.450. The Labute approximate surface area is 167 Å². The lowest BCUT2D eigenvalue weighted by molar-refractivity contribution is -0.122. The van der Waals surface area contributed by atoms with E-state index in [2.05, 4.69) is 66.5 Å². The number of hydrogen-bond donors (Lipinski definition) is 1. The standard InChI is InChI=1S/C25H29NO2/c1-2-16-28-23-14-15-25(17-19-8-4-3-5-9-19,18-26-24(27)20-12-13-20)22-11-7-6-10-21(22)23/h2-11,20,23H,1,12-18H2,(H,26,27). The van der Waals surface area contributed by atoms with Crippen LogP contribution < -0.4 is 5.32 Å². The zero-order valence-corrected chi connectivity index (χ0v) is 16.4. The van der Waals surface area contributed by atoms with E-state index in [9.17, 15) is 4.79 Å². The number of fused-ring (bicyclic) bond motifs is 1. The van der Waals surface area contributed by atoms with Crippen molar-refractivity contribution in [2.45, 2.75) is 43.6 Å². The molecule has 0 spiro atoms. The molecule has 1 amide bonds. The molecule has 1 fully saturated rings. The summed E-state index contributed by atoms with van der Waals surface area (Å²) in [6.45, 7) is 5.03. The van der Waals surface area contributed by atoms with E-state index in [0.717, 1.165) is 32.1 Å². The molecule has 2 aliphatic carbocycles. The van der Waals surface area contributed by atoms with Gasteiger partial charge >= 0.3 is 0 Å². The lowest BCUT2D eigenvalue weighted by atomic mass is 9.66. The minimum atomic E-state index is -0.101. The van der Waals surface area contributed by atoms with Crippen LogP contribution in [0.4, 0.5) is 0 Å². The van der Waals surface area contributed by atoms with Gasteiger partial charge in [-0.15, -0.1) is 6.58 Å². The smallest absolute Gasteiger partial charge is 0.223 e. The lowest BCUT2D eigenvalue weighted by Crippen LogP contribution is -2.45. The van der Waals surface area contributed by atoms with Crippen LogP contribution in [0.5, 0.6) is 0 Å². The Morgan fingerprint density at radius 2 is 1.86 bits per heavy atom. The van der Waals surface area contributed by atoms with E-state index < -0.39 is 0 Å². The molecule has 0 aliphatic heterocycles. The largest absolute Gasteiger partial charge is 0.369 e. The molecule has 2 aromatic carbocycles. The average molecular weight is 376 g/mol. The number of hydrogen-bond acceptors (Lipinski definition) is 2. The van der Waals surface area contributed by atoms with Crippen LogP contribution in [0.2, 0.25) is 0 Å². The third-order valence-electron chi connectivity index (χ3n) is 6.11. The topological polar surface area (TPSA) is 38.3 Å². The van der Waals surface area contributed by atoms with E-state index in [4.69, 9.17) is 4.74 Å². The summed E-state index contributed by atoms with van der Waals surface area (Å²) in [5, 5.41) is 3.28. The van der Waals surface area contributed by atoms with Gasteiger partial charge in [0.15, 0.2) is 0 Å². The quantitative estimate of drug-likeness (QED) is 0.677. The van der Waals surface area contributed by atoms with E-state index in [1.807, 2.05) is 6.08 Å². The van der Waals surface area contributed by atoms with Gasteiger partial charge in [0.1, 0.15) is 0 Å². The molecule has 3 heteroatoms. The number of amides is 1. The predicted octanol–water partition coefficient (Wildman–Crippen LogP) is 4.73. The van der Waals surface area contributed by atoms with Gasteiger partial charge in [-0.1, -0.05) is 60.7 Å². The van der Waals surface area contributed by atoms with Crippen molar-refractivity contribution in [1.82, 2.24) is 5.32 Å². The van der Waals surface area contributed by atoms with Crippen LogP contribution in [0.15, 0.2) is 67.3 Å². The second-order valence-corrected chi connectivity index (χ2v) is 8.17. The Hall–Kier alpha value is -2.39. The van der Waals surface area contributed by atoms with Gasteiger partial charge in [0.25, 0.3) is 0 Å². The number of carbonyl (C=O) groups is 1. The van der Waals surface area contributed by atoms with Crippen LogP contribution in [-0.4, -0.2) is 19.1 Å². The van der Waals surface area contributed by atoms with Crippen LogP contribution in [-0.2, 0) is 21.4 Å². The Balaban J connectivity index is 1.66. The Morgan fingerprint density at radius 1 is 1.11 bits per heavy atom. The highest BCUT2D eigenvalue weighted by molar-refractivity contribution is 5.81. The maximum atomic E-state index is 12.4. The normalized spacial score (nSPS) is 23.6. The fraction of sp³-hybridized carbons (Fsp3) is 0.400. The van der Waals surface area contributed by atoms with Crippen molar-refractivity contribution < 1.29 is 9.53 Å². The molecule has 2 atom stereocenters. The summed E-state index contributed by atoms with van der Waals surface area (Å²) in [7, 11) is 0. The molecule has 2 aliphatic rings. The lowest BCUT2D eigenvalue weighted by Gasteiger charge is -2.42. The molecule has 2 aromatic rings. The maximum Gasteiger partial charge on any atom is 0.223 e. The molecule has 0 aromatic heterocycles. The third kappa shape index (κ3) is 4.05. The molecule has 1 N–H and O–H groups in total. The van der Waals surface area contributed by atoms with E-state index in [-0.39, 0.29) is 23.3 Å². The van der Waals surface area contributed by atoms with Gasteiger partial charge in [-0.3, -0.25) is 4.79 Å². The molecule has 4 rings (SSSR count). The Kier molecular flexibility index (Phi) is 5.63. The van der Waals surface area contributed by atoms with Gasteiger partial charge in [0, 0.05) is 17.9 Å². The second-order valence-electron chi connectivity index (χ2n) is 8.17. The summed E-state index contributed by atoms with van der Waals surface area (Å²) >= 11 is 0. The number of benzene rings is 2. The first-order valence-corrected chi connectivity index (χ1v) is 10.4. The maximum absolute atomic E-state index is 12.4. The minimum absolute atomic E-state index is 0.0947. The van der Waals surface area contributed by atoms with Gasteiger partial charge in [-0.05, 0) is 48.8 Å². The van der Waals surface area contributed by atoms with Crippen molar-refractivity contribution in [2.24, 2.45) is 5.92 Å². The van der Waals surface area contributed by atoms with E-state index >= 15 is 0 Å². The Morgan fingerprint density at radius 3 is 2.61 bits per heavy atom. The van der Waals surface area contributed by atoms with E-state index in [1.54, 1.807) is 0 Å². The second kappa shape index (κ2) is 8.32. The van der Waals surface area contributed by atoms with Crippen molar-refractivity contribution in [3.8, 4) is 0 Å². The SMILES string of the molecule is C=CCOC1CCC(CNC(=O)C2CC2)(Cc2ccccc2)c2ccccc21. The first-order chi connectivity index (χ1) is 13.7. The van der Waals surface area contributed by atoms with E-state index in [1.165, 1.54) is 16.7 Å². The Bertz CT molecular complexity index is 827. The summed E-state index contributed by atoms with van der Waals surface area (Å²) in [5.41, 5.74) is 3.78. The number of rotatable bonds is 8. The summed E-state index contributed by atoms with van der Waals surface area (Å²) in [6.07, 6.45) is 6.84. The van der Waals surface area contributed by atoms with Crippen LogP contribution in [0.3, 0.4) is 0 Å². The van der Waals surface area contributed by atoms with Crippen LogP contribution in [0.1, 0.15) is 48.5 Å². The van der Waals surface area contributed by atoms with Crippen LogP contribution in [0.25, 0.3) is 0 Å². The average Bonchev–Trinajstić information content (AvgIpc) is 3.58. The molecule has 0 saturated heterocycles. The van der Waals surface area contributed by atoms with Crippen LogP contribution in [0, 0.1) is 5.92 Å². The van der Waals surface area contributed by atoms with Crippen molar-refractivity contribution in [1.29, 1.82) is 0 Å². The van der Waals surface area contributed by atoms with Gasteiger partial charge in [0.05, 0.1) is 12.7 Å². The van der Waals surface area contributed by atoms with E-state index in [0.29, 0.717) is 13.2 Å². The molecule has 0 heterocycles.